The molecule has 0 atom stereocenters. The van der Waals surface area contributed by atoms with Gasteiger partial charge in [0.05, 0.1) is 0 Å². The van der Waals surface area contributed by atoms with Crippen molar-refractivity contribution in [3.05, 3.63) is 52.6 Å². The van der Waals surface area contributed by atoms with Crippen molar-refractivity contribution >= 4 is 23.5 Å². The number of carbonyl (C=O) groups is 1. The molecule has 70 valence electrons. The molecule has 0 heterocycles. The van der Waals surface area contributed by atoms with E-state index in [1.165, 1.54) is 0 Å². The first-order chi connectivity index (χ1) is 6.81. The van der Waals surface area contributed by atoms with Crippen LogP contribution in [0.5, 0.6) is 0 Å². The Hall–Kier alpha value is -1.34. The molecule has 0 radical (unpaired) electrons. The van der Waals surface area contributed by atoms with Gasteiger partial charge in [-0.1, -0.05) is 42.0 Å². The van der Waals surface area contributed by atoms with Gasteiger partial charge in [0.1, 0.15) is 6.29 Å². The summed E-state index contributed by atoms with van der Waals surface area (Å²) in [5.74, 6) is 0. The van der Waals surface area contributed by atoms with Gasteiger partial charge in [-0.3, -0.25) is 4.79 Å². The van der Waals surface area contributed by atoms with Gasteiger partial charge in [0, 0.05) is 11.4 Å². The number of rotatable bonds is 2. The van der Waals surface area contributed by atoms with Crippen molar-refractivity contribution in [3.8, 4) is 0 Å². The molecule has 0 fully saturated rings. The van der Waals surface area contributed by atoms with Gasteiger partial charge in [-0.15, -0.1) is 0 Å². The van der Waals surface area contributed by atoms with Crippen LogP contribution in [0.4, 0.5) is 0 Å². The number of carbonyl (C=O) groups excluding carboxylic acids is 1. The lowest BCUT2D eigenvalue weighted by molar-refractivity contribution is -0.104. The molecule has 1 aromatic rings. The standard InChI is InChI=1S/C12H9ClO/c13-12-4-2-1-3-11(12)10-6-5-9(7-10)8-14/h1-6,8H,7H2. The van der Waals surface area contributed by atoms with Crippen LogP contribution >= 0.6 is 11.6 Å². The molecule has 0 bridgehead atoms. The quantitative estimate of drug-likeness (QED) is 0.676. The van der Waals surface area contributed by atoms with Crippen molar-refractivity contribution in [2.24, 2.45) is 0 Å². The number of hydrogen-bond acceptors (Lipinski definition) is 1. The zero-order chi connectivity index (χ0) is 9.97. The Morgan fingerprint density at radius 2 is 2.00 bits per heavy atom. The van der Waals surface area contributed by atoms with Crippen LogP contribution in [0, 0.1) is 0 Å². The van der Waals surface area contributed by atoms with Crippen LogP contribution in [-0.2, 0) is 4.79 Å². The van der Waals surface area contributed by atoms with Crippen molar-refractivity contribution in [3.63, 3.8) is 0 Å². The Morgan fingerprint density at radius 1 is 1.21 bits per heavy atom. The fourth-order valence-electron chi connectivity index (χ4n) is 1.53. The van der Waals surface area contributed by atoms with Crippen LogP contribution in [0.15, 0.2) is 42.0 Å². The van der Waals surface area contributed by atoms with E-state index in [1.807, 2.05) is 36.4 Å². The topological polar surface area (TPSA) is 17.1 Å². The van der Waals surface area contributed by atoms with Gasteiger partial charge in [0.15, 0.2) is 0 Å². The van der Waals surface area contributed by atoms with E-state index in [2.05, 4.69) is 0 Å². The molecule has 2 rings (SSSR count). The van der Waals surface area contributed by atoms with Crippen LogP contribution < -0.4 is 0 Å². The van der Waals surface area contributed by atoms with E-state index in [1.54, 1.807) is 0 Å². The molecule has 0 N–H and O–H groups in total. The Morgan fingerprint density at radius 3 is 2.64 bits per heavy atom. The number of hydrogen-bond donors (Lipinski definition) is 0. The molecule has 0 unspecified atom stereocenters. The van der Waals surface area contributed by atoms with Crippen LogP contribution in [0.25, 0.3) is 5.57 Å². The summed E-state index contributed by atoms with van der Waals surface area (Å²) in [6.45, 7) is 0. The summed E-state index contributed by atoms with van der Waals surface area (Å²) in [6.07, 6.45) is 5.37. The van der Waals surface area contributed by atoms with Gasteiger partial charge in [0.2, 0.25) is 0 Å². The third-order valence-electron chi connectivity index (χ3n) is 2.26. The summed E-state index contributed by atoms with van der Waals surface area (Å²) in [6, 6.07) is 7.67. The summed E-state index contributed by atoms with van der Waals surface area (Å²) in [4.78, 5) is 10.5. The first-order valence-corrected chi connectivity index (χ1v) is 4.79. The van der Waals surface area contributed by atoms with Crippen LogP contribution in [-0.4, -0.2) is 6.29 Å². The minimum atomic E-state index is 0.688. The third kappa shape index (κ3) is 1.64. The van der Waals surface area contributed by atoms with E-state index in [0.717, 1.165) is 28.0 Å². The summed E-state index contributed by atoms with van der Waals surface area (Å²) in [5, 5.41) is 0.735. The molecule has 1 aromatic carbocycles. The third-order valence-corrected chi connectivity index (χ3v) is 2.59. The van der Waals surface area contributed by atoms with E-state index in [4.69, 9.17) is 11.6 Å². The Bertz CT molecular complexity index is 430. The van der Waals surface area contributed by atoms with Crippen LogP contribution in [0.3, 0.4) is 0 Å². The largest absolute Gasteiger partial charge is 0.298 e. The van der Waals surface area contributed by atoms with Crippen molar-refractivity contribution in [1.29, 1.82) is 0 Å². The molecular formula is C12H9ClO. The first kappa shape index (κ1) is 9.22. The Kier molecular flexibility index (Phi) is 2.51. The molecule has 0 spiro atoms. The molecule has 0 aliphatic heterocycles. The minimum Gasteiger partial charge on any atom is -0.298 e. The van der Waals surface area contributed by atoms with Gasteiger partial charge < -0.3 is 0 Å². The fourth-order valence-corrected chi connectivity index (χ4v) is 1.79. The number of allylic oxidation sites excluding steroid dienone is 4. The first-order valence-electron chi connectivity index (χ1n) is 4.41. The van der Waals surface area contributed by atoms with E-state index < -0.39 is 0 Å². The Labute approximate surface area is 87.7 Å². The van der Waals surface area contributed by atoms with Crippen LogP contribution in [0.2, 0.25) is 5.02 Å². The maximum absolute atomic E-state index is 10.5. The lowest BCUT2D eigenvalue weighted by atomic mass is 10.0. The van der Waals surface area contributed by atoms with Gasteiger partial charge in [0.25, 0.3) is 0 Å². The molecule has 2 heteroatoms. The average Bonchev–Trinajstić information content (AvgIpc) is 2.67. The number of aldehydes is 1. The highest BCUT2D eigenvalue weighted by atomic mass is 35.5. The zero-order valence-electron chi connectivity index (χ0n) is 7.53. The summed E-state index contributed by atoms with van der Waals surface area (Å²) >= 11 is 6.04. The van der Waals surface area contributed by atoms with Gasteiger partial charge in [-0.25, -0.2) is 0 Å². The van der Waals surface area contributed by atoms with Gasteiger partial charge in [-0.05, 0) is 22.8 Å². The highest BCUT2D eigenvalue weighted by Gasteiger charge is 2.11. The fraction of sp³-hybridized carbons (Fsp3) is 0.0833. The number of halogens is 1. The molecule has 1 aliphatic rings. The highest BCUT2D eigenvalue weighted by Crippen LogP contribution is 2.31. The smallest absolute Gasteiger partial charge is 0.146 e. The van der Waals surface area contributed by atoms with Crippen molar-refractivity contribution in [1.82, 2.24) is 0 Å². The molecular weight excluding hydrogens is 196 g/mol. The van der Waals surface area contributed by atoms with Crippen molar-refractivity contribution < 1.29 is 4.79 Å². The predicted molar refractivity (Wildman–Crippen MR) is 58.2 cm³/mol. The van der Waals surface area contributed by atoms with Crippen LogP contribution in [0.1, 0.15) is 12.0 Å². The summed E-state index contributed by atoms with van der Waals surface area (Å²) < 4.78 is 0. The molecule has 1 aliphatic carbocycles. The maximum atomic E-state index is 10.5. The van der Waals surface area contributed by atoms with E-state index in [-0.39, 0.29) is 0 Å². The Balaban J connectivity index is 2.28. The second kappa shape index (κ2) is 3.81. The summed E-state index contributed by atoms with van der Waals surface area (Å²) in [7, 11) is 0. The molecule has 1 nitrogen and oxygen atoms in total. The second-order valence-electron chi connectivity index (χ2n) is 3.21. The van der Waals surface area contributed by atoms with Crippen molar-refractivity contribution in [2.45, 2.75) is 6.42 Å². The normalized spacial score (nSPS) is 14.9. The summed E-state index contributed by atoms with van der Waals surface area (Å²) in [5.41, 5.74) is 2.93. The average molecular weight is 205 g/mol. The zero-order valence-corrected chi connectivity index (χ0v) is 8.29. The lowest BCUT2D eigenvalue weighted by Crippen LogP contribution is -1.85. The monoisotopic (exact) mass is 204 g/mol. The predicted octanol–water partition coefficient (Wildman–Crippen LogP) is 3.25. The maximum Gasteiger partial charge on any atom is 0.146 e. The number of benzene rings is 1. The molecule has 14 heavy (non-hydrogen) atoms. The SMILES string of the molecule is O=CC1=CC=C(c2ccccc2Cl)C1. The van der Waals surface area contributed by atoms with Gasteiger partial charge in [-0.2, -0.15) is 0 Å². The van der Waals surface area contributed by atoms with E-state index >= 15 is 0 Å². The molecule has 0 amide bonds. The molecule has 0 saturated heterocycles. The lowest BCUT2D eigenvalue weighted by Gasteiger charge is -2.04. The van der Waals surface area contributed by atoms with Gasteiger partial charge >= 0.3 is 0 Å². The minimum absolute atomic E-state index is 0.688. The molecule has 0 saturated carbocycles. The highest BCUT2D eigenvalue weighted by molar-refractivity contribution is 6.32. The second-order valence-corrected chi connectivity index (χ2v) is 3.62. The molecule has 0 aromatic heterocycles. The van der Waals surface area contributed by atoms with Crippen molar-refractivity contribution in [2.75, 3.05) is 0 Å². The van der Waals surface area contributed by atoms with E-state index in [0.29, 0.717) is 6.42 Å². The van der Waals surface area contributed by atoms with E-state index in [9.17, 15) is 4.79 Å².